The highest BCUT2D eigenvalue weighted by molar-refractivity contribution is 5.11. The van der Waals surface area contributed by atoms with Gasteiger partial charge in [0, 0.05) is 30.4 Å². The Bertz CT molecular complexity index is 328. The van der Waals surface area contributed by atoms with Gasteiger partial charge in [0.25, 0.3) is 0 Å². The van der Waals surface area contributed by atoms with Crippen molar-refractivity contribution in [3.05, 3.63) is 18.0 Å². The number of hydrogen-bond donors (Lipinski definition) is 2. The van der Waals surface area contributed by atoms with E-state index in [1.807, 2.05) is 10.9 Å². The minimum atomic E-state index is 0.220. The van der Waals surface area contributed by atoms with Crippen LogP contribution in [-0.4, -0.2) is 22.9 Å². The van der Waals surface area contributed by atoms with Gasteiger partial charge in [0.1, 0.15) is 0 Å². The van der Waals surface area contributed by atoms with Gasteiger partial charge in [-0.25, -0.2) is 0 Å². The molecule has 0 fully saturated rings. The van der Waals surface area contributed by atoms with Gasteiger partial charge in [0.15, 0.2) is 0 Å². The smallest absolute Gasteiger partial charge is 0.0538 e. The van der Waals surface area contributed by atoms with Crippen molar-refractivity contribution >= 4 is 0 Å². The minimum Gasteiger partial charge on any atom is -0.329 e. The molecule has 1 aromatic rings. The van der Waals surface area contributed by atoms with Crippen LogP contribution in [0.5, 0.6) is 0 Å². The maximum atomic E-state index is 5.86. The summed E-state index contributed by atoms with van der Waals surface area (Å²) in [6.45, 7) is 10.4. The maximum Gasteiger partial charge on any atom is 0.0538 e. The maximum absolute atomic E-state index is 5.86. The molecule has 0 bridgehead atoms. The Hall–Kier alpha value is -0.870. The second kappa shape index (κ2) is 7.54. The Morgan fingerprint density at radius 3 is 2.44 bits per heavy atom. The monoisotopic (exact) mass is 252 g/mol. The van der Waals surface area contributed by atoms with Crippen molar-refractivity contribution in [2.24, 2.45) is 11.7 Å². The first-order chi connectivity index (χ1) is 8.62. The summed E-state index contributed by atoms with van der Waals surface area (Å²) < 4.78 is 1.98. The molecule has 0 aliphatic carbocycles. The van der Waals surface area contributed by atoms with Crippen LogP contribution in [-0.2, 0) is 0 Å². The Labute approximate surface area is 111 Å². The van der Waals surface area contributed by atoms with Crippen LogP contribution in [0.15, 0.2) is 12.4 Å². The van der Waals surface area contributed by atoms with Crippen LogP contribution in [0.4, 0.5) is 0 Å². The Morgan fingerprint density at radius 1 is 1.33 bits per heavy atom. The molecule has 0 spiro atoms. The van der Waals surface area contributed by atoms with Crippen molar-refractivity contribution in [1.82, 2.24) is 15.1 Å². The van der Waals surface area contributed by atoms with Crippen LogP contribution in [0.3, 0.4) is 0 Å². The first-order valence-electron chi connectivity index (χ1n) is 7.09. The summed E-state index contributed by atoms with van der Waals surface area (Å²) in [4.78, 5) is 0. The molecule has 1 aromatic heterocycles. The summed E-state index contributed by atoms with van der Waals surface area (Å²) in [5, 5.41) is 7.93. The number of hydrogen-bond acceptors (Lipinski definition) is 3. The molecule has 1 rings (SSSR count). The van der Waals surface area contributed by atoms with Crippen LogP contribution in [0.25, 0.3) is 0 Å². The topological polar surface area (TPSA) is 55.9 Å². The minimum absolute atomic E-state index is 0.220. The van der Waals surface area contributed by atoms with Gasteiger partial charge in [-0.1, -0.05) is 26.7 Å². The summed E-state index contributed by atoms with van der Waals surface area (Å²) in [6.07, 6.45) is 6.46. The van der Waals surface area contributed by atoms with Gasteiger partial charge in [0.2, 0.25) is 0 Å². The number of nitrogens with one attached hydrogen (secondary N) is 1. The van der Waals surface area contributed by atoms with Gasteiger partial charge in [-0.3, -0.25) is 4.68 Å². The fourth-order valence-corrected chi connectivity index (χ4v) is 2.04. The fraction of sp³-hybridized carbons (Fsp3) is 0.786. The van der Waals surface area contributed by atoms with Crippen molar-refractivity contribution in [2.75, 3.05) is 13.1 Å². The predicted octanol–water partition coefficient (Wildman–Crippen LogP) is 2.49. The van der Waals surface area contributed by atoms with Crippen LogP contribution in [0.1, 0.15) is 58.2 Å². The quantitative estimate of drug-likeness (QED) is 0.747. The van der Waals surface area contributed by atoms with Crippen molar-refractivity contribution in [3.8, 4) is 0 Å². The second-order valence-corrected chi connectivity index (χ2v) is 5.23. The van der Waals surface area contributed by atoms with Gasteiger partial charge < -0.3 is 11.1 Å². The van der Waals surface area contributed by atoms with Crippen molar-refractivity contribution < 1.29 is 0 Å². The summed E-state index contributed by atoms with van der Waals surface area (Å²) in [5.41, 5.74) is 7.05. The van der Waals surface area contributed by atoms with E-state index in [1.165, 1.54) is 18.4 Å². The lowest BCUT2D eigenvalue weighted by Crippen LogP contribution is -2.31. The molecule has 4 heteroatoms. The fourth-order valence-electron chi connectivity index (χ4n) is 2.04. The molecular weight excluding hydrogens is 224 g/mol. The zero-order valence-corrected chi connectivity index (χ0v) is 12.2. The third-order valence-electron chi connectivity index (χ3n) is 3.60. The van der Waals surface area contributed by atoms with E-state index in [9.17, 15) is 0 Å². The SMILES string of the molecule is CCC(CC)CNC(CN)c1cnn(C(C)C)c1. The third-order valence-corrected chi connectivity index (χ3v) is 3.60. The van der Waals surface area contributed by atoms with E-state index in [2.05, 4.69) is 44.3 Å². The summed E-state index contributed by atoms with van der Waals surface area (Å²) in [6, 6.07) is 0.620. The average molecular weight is 252 g/mol. The van der Waals surface area contributed by atoms with E-state index in [-0.39, 0.29) is 6.04 Å². The molecule has 0 saturated carbocycles. The Balaban J connectivity index is 2.59. The van der Waals surface area contributed by atoms with Crippen molar-refractivity contribution in [1.29, 1.82) is 0 Å². The highest BCUT2D eigenvalue weighted by atomic mass is 15.3. The Morgan fingerprint density at radius 2 is 2.00 bits per heavy atom. The van der Waals surface area contributed by atoms with E-state index in [0.29, 0.717) is 12.6 Å². The van der Waals surface area contributed by atoms with E-state index in [1.54, 1.807) is 0 Å². The molecule has 0 saturated heterocycles. The number of nitrogens with two attached hydrogens (primary N) is 1. The van der Waals surface area contributed by atoms with Gasteiger partial charge in [-0.05, 0) is 26.3 Å². The van der Waals surface area contributed by atoms with E-state index >= 15 is 0 Å². The molecule has 0 aliphatic heterocycles. The molecule has 0 aromatic carbocycles. The lowest BCUT2D eigenvalue weighted by atomic mass is 10.0. The average Bonchev–Trinajstić information content (AvgIpc) is 2.84. The summed E-state index contributed by atoms with van der Waals surface area (Å²) >= 11 is 0. The molecular formula is C14H28N4. The molecule has 4 nitrogen and oxygen atoms in total. The van der Waals surface area contributed by atoms with E-state index in [4.69, 9.17) is 5.73 Å². The van der Waals surface area contributed by atoms with E-state index < -0.39 is 0 Å². The number of nitrogens with zero attached hydrogens (tertiary/aromatic N) is 2. The lowest BCUT2D eigenvalue weighted by Gasteiger charge is -2.19. The molecule has 1 unspecified atom stereocenters. The van der Waals surface area contributed by atoms with Crippen LogP contribution >= 0.6 is 0 Å². The molecule has 1 atom stereocenters. The van der Waals surface area contributed by atoms with Crippen molar-refractivity contribution in [3.63, 3.8) is 0 Å². The normalized spacial score (nSPS) is 13.5. The van der Waals surface area contributed by atoms with Gasteiger partial charge >= 0.3 is 0 Å². The van der Waals surface area contributed by atoms with Gasteiger partial charge in [-0.15, -0.1) is 0 Å². The van der Waals surface area contributed by atoms with Gasteiger partial charge in [-0.2, -0.15) is 5.10 Å². The van der Waals surface area contributed by atoms with Crippen LogP contribution in [0.2, 0.25) is 0 Å². The summed E-state index contributed by atoms with van der Waals surface area (Å²) in [5.74, 6) is 0.735. The zero-order valence-electron chi connectivity index (χ0n) is 12.2. The highest BCUT2D eigenvalue weighted by Gasteiger charge is 2.14. The molecule has 0 radical (unpaired) electrons. The first kappa shape index (κ1) is 15.2. The molecule has 1 heterocycles. The first-order valence-corrected chi connectivity index (χ1v) is 7.09. The molecule has 3 N–H and O–H groups in total. The number of rotatable bonds is 8. The summed E-state index contributed by atoms with van der Waals surface area (Å²) in [7, 11) is 0. The zero-order chi connectivity index (χ0) is 13.5. The number of aromatic nitrogens is 2. The largest absolute Gasteiger partial charge is 0.329 e. The molecule has 0 amide bonds. The van der Waals surface area contributed by atoms with Gasteiger partial charge in [0.05, 0.1) is 6.20 Å². The Kier molecular flexibility index (Phi) is 6.36. The third kappa shape index (κ3) is 4.10. The lowest BCUT2D eigenvalue weighted by molar-refractivity contribution is 0.413. The van der Waals surface area contributed by atoms with Crippen LogP contribution < -0.4 is 11.1 Å². The predicted molar refractivity (Wildman–Crippen MR) is 76.5 cm³/mol. The molecule has 0 aliphatic rings. The van der Waals surface area contributed by atoms with Crippen LogP contribution in [0, 0.1) is 5.92 Å². The second-order valence-electron chi connectivity index (χ2n) is 5.23. The standard InChI is InChI=1S/C14H28N4/c1-5-12(6-2)8-16-14(7-15)13-9-17-18(10-13)11(3)4/h9-12,14,16H,5-8,15H2,1-4H3. The molecule has 104 valence electrons. The van der Waals surface area contributed by atoms with Crippen molar-refractivity contribution in [2.45, 2.75) is 52.6 Å². The highest BCUT2D eigenvalue weighted by Crippen LogP contribution is 2.15. The molecule has 18 heavy (non-hydrogen) atoms. The van der Waals surface area contributed by atoms with E-state index in [0.717, 1.165) is 12.5 Å².